The van der Waals surface area contributed by atoms with Crippen molar-refractivity contribution in [2.45, 2.75) is 18.9 Å². The molecule has 4 heteroatoms. The van der Waals surface area contributed by atoms with Crippen molar-refractivity contribution in [3.05, 3.63) is 29.3 Å². The van der Waals surface area contributed by atoms with E-state index >= 15 is 0 Å². The number of ether oxygens (including phenoxy) is 1. The van der Waals surface area contributed by atoms with Gasteiger partial charge in [-0.25, -0.2) is 0 Å². The van der Waals surface area contributed by atoms with Crippen molar-refractivity contribution >= 4 is 24.0 Å². The van der Waals surface area contributed by atoms with E-state index in [0.717, 1.165) is 23.2 Å². The smallest absolute Gasteiger partial charge is 0.121 e. The Morgan fingerprint density at radius 1 is 1.24 bits per heavy atom. The van der Waals surface area contributed by atoms with Gasteiger partial charge < -0.3 is 4.74 Å². The predicted octanol–water partition coefficient (Wildman–Crippen LogP) is 3.23. The molecular weight excluding hydrogens is 257 g/mol. The Labute approximate surface area is 113 Å². The van der Waals surface area contributed by atoms with Gasteiger partial charge in [0.15, 0.2) is 0 Å². The van der Waals surface area contributed by atoms with Crippen molar-refractivity contribution in [2.24, 2.45) is 5.92 Å². The van der Waals surface area contributed by atoms with Gasteiger partial charge in [-0.1, -0.05) is 17.7 Å². The summed E-state index contributed by atoms with van der Waals surface area (Å²) in [6, 6.07) is 7.71. The van der Waals surface area contributed by atoms with Crippen LogP contribution < -0.4 is 4.74 Å². The molecule has 0 saturated carbocycles. The Morgan fingerprint density at radius 2 is 2.00 bits per heavy atom. The first-order chi connectivity index (χ1) is 7.81. The molecule has 17 heavy (non-hydrogen) atoms. The molecule has 0 radical (unpaired) electrons. The van der Waals surface area contributed by atoms with E-state index < -0.39 is 0 Å². The molecule has 1 atom stereocenters. The number of fused-ring (bicyclic) bond motifs is 3. The fourth-order valence-electron chi connectivity index (χ4n) is 2.76. The van der Waals surface area contributed by atoms with Crippen molar-refractivity contribution < 1.29 is 4.74 Å². The van der Waals surface area contributed by atoms with Crippen molar-refractivity contribution in [3.63, 3.8) is 0 Å². The number of hydrogen-bond donors (Lipinski definition) is 0. The van der Waals surface area contributed by atoms with Crippen LogP contribution in [0.15, 0.2) is 24.3 Å². The lowest BCUT2D eigenvalue weighted by Gasteiger charge is -2.44. The summed E-state index contributed by atoms with van der Waals surface area (Å²) in [6.07, 6.45) is 2.93. The molecule has 94 valence electrons. The number of nitrogens with zero attached hydrogens (tertiary/aromatic N) is 1. The van der Waals surface area contributed by atoms with Gasteiger partial charge in [0.05, 0.1) is 0 Å². The van der Waals surface area contributed by atoms with Crippen molar-refractivity contribution in [1.82, 2.24) is 4.90 Å². The topological polar surface area (TPSA) is 12.5 Å². The molecule has 4 rings (SSSR count). The van der Waals surface area contributed by atoms with E-state index in [0.29, 0.717) is 6.10 Å². The second-order valence-electron chi connectivity index (χ2n) is 4.75. The van der Waals surface area contributed by atoms with Crippen LogP contribution in [0.2, 0.25) is 5.02 Å². The summed E-state index contributed by atoms with van der Waals surface area (Å²) in [5.41, 5.74) is 0. The van der Waals surface area contributed by atoms with E-state index in [1.807, 2.05) is 24.3 Å². The first-order valence-corrected chi connectivity index (χ1v) is 6.33. The van der Waals surface area contributed by atoms with Crippen LogP contribution in [0.5, 0.6) is 5.75 Å². The molecule has 2 bridgehead atoms. The fraction of sp³-hybridized carbons (Fsp3) is 0.538. The van der Waals surface area contributed by atoms with Gasteiger partial charge in [0.1, 0.15) is 11.9 Å². The Hall–Kier alpha value is -0.440. The molecule has 3 aliphatic heterocycles. The van der Waals surface area contributed by atoms with Gasteiger partial charge in [-0.3, -0.25) is 4.90 Å². The maximum Gasteiger partial charge on any atom is 0.121 e. The van der Waals surface area contributed by atoms with Crippen LogP contribution in [0.25, 0.3) is 0 Å². The first-order valence-electron chi connectivity index (χ1n) is 5.96. The summed E-state index contributed by atoms with van der Waals surface area (Å²) in [5.74, 6) is 1.65. The van der Waals surface area contributed by atoms with Crippen molar-refractivity contribution in [2.75, 3.05) is 19.6 Å². The highest BCUT2D eigenvalue weighted by molar-refractivity contribution is 6.30. The molecule has 1 aromatic rings. The SMILES string of the molecule is Cl.Clc1cccc(OC2CN3CCC2CC3)c1. The fourth-order valence-corrected chi connectivity index (χ4v) is 2.94. The van der Waals surface area contributed by atoms with Gasteiger partial charge in [0.25, 0.3) is 0 Å². The summed E-state index contributed by atoms with van der Waals surface area (Å²) >= 11 is 5.95. The van der Waals surface area contributed by atoms with E-state index in [9.17, 15) is 0 Å². The monoisotopic (exact) mass is 273 g/mol. The summed E-state index contributed by atoms with van der Waals surface area (Å²) in [5, 5.41) is 0.749. The van der Waals surface area contributed by atoms with Crippen LogP contribution in [-0.2, 0) is 0 Å². The minimum Gasteiger partial charge on any atom is -0.489 e. The molecule has 0 amide bonds. The van der Waals surface area contributed by atoms with Crippen molar-refractivity contribution in [1.29, 1.82) is 0 Å². The number of hydrogen-bond acceptors (Lipinski definition) is 2. The Kier molecular flexibility index (Phi) is 4.18. The zero-order valence-corrected chi connectivity index (χ0v) is 11.2. The maximum atomic E-state index is 6.04. The van der Waals surface area contributed by atoms with Gasteiger partial charge in [-0.2, -0.15) is 0 Å². The molecule has 3 saturated heterocycles. The van der Waals surface area contributed by atoms with Crippen LogP contribution in [0, 0.1) is 5.92 Å². The number of piperidine rings is 3. The average Bonchev–Trinajstić information content (AvgIpc) is 2.30. The average molecular weight is 274 g/mol. The largest absolute Gasteiger partial charge is 0.489 e. The van der Waals surface area contributed by atoms with E-state index in [1.165, 1.54) is 25.9 Å². The minimum absolute atomic E-state index is 0. The molecule has 0 aliphatic carbocycles. The highest BCUT2D eigenvalue weighted by Crippen LogP contribution is 2.31. The zero-order valence-electron chi connectivity index (χ0n) is 9.64. The zero-order chi connectivity index (χ0) is 11.0. The summed E-state index contributed by atoms with van der Waals surface area (Å²) in [6.45, 7) is 3.58. The molecule has 0 spiro atoms. The molecule has 0 aromatic heterocycles. The van der Waals surface area contributed by atoms with Crippen LogP contribution in [0.1, 0.15) is 12.8 Å². The number of rotatable bonds is 2. The highest BCUT2D eigenvalue weighted by Gasteiger charge is 2.35. The standard InChI is InChI=1S/C13H16ClNO.ClH/c14-11-2-1-3-12(8-11)16-13-9-15-6-4-10(13)5-7-15;/h1-3,8,10,13H,4-7,9H2;1H. The van der Waals surface area contributed by atoms with Gasteiger partial charge in [0, 0.05) is 11.6 Å². The lowest BCUT2D eigenvalue weighted by molar-refractivity contribution is -0.00775. The first kappa shape index (κ1) is 13.0. The van der Waals surface area contributed by atoms with E-state index in [2.05, 4.69) is 4.90 Å². The summed E-state index contributed by atoms with van der Waals surface area (Å²) in [7, 11) is 0. The quantitative estimate of drug-likeness (QED) is 0.821. The van der Waals surface area contributed by atoms with Crippen LogP contribution in [0.4, 0.5) is 0 Å². The van der Waals surface area contributed by atoms with E-state index in [1.54, 1.807) is 0 Å². The predicted molar refractivity (Wildman–Crippen MR) is 72.3 cm³/mol. The van der Waals surface area contributed by atoms with Crippen LogP contribution in [-0.4, -0.2) is 30.6 Å². The summed E-state index contributed by atoms with van der Waals surface area (Å²) < 4.78 is 6.04. The number of halogens is 2. The third-order valence-electron chi connectivity index (χ3n) is 3.68. The van der Waals surface area contributed by atoms with Gasteiger partial charge in [0.2, 0.25) is 0 Å². The highest BCUT2D eigenvalue weighted by atomic mass is 35.5. The Balaban J connectivity index is 0.00000108. The molecule has 3 fully saturated rings. The number of benzene rings is 1. The Bertz CT molecular complexity index is 377. The van der Waals surface area contributed by atoms with E-state index in [4.69, 9.17) is 16.3 Å². The molecule has 0 N–H and O–H groups in total. The molecule has 1 unspecified atom stereocenters. The lowest BCUT2D eigenvalue weighted by Crippen LogP contribution is -2.52. The van der Waals surface area contributed by atoms with E-state index in [-0.39, 0.29) is 12.4 Å². The van der Waals surface area contributed by atoms with Gasteiger partial charge >= 0.3 is 0 Å². The second-order valence-corrected chi connectivity index (χ2v) is 5.19. The van der Waals surface area contributed by atoms with Gasteiger partial charge in [-0.05, 0) is 50.0 Å². The molecule has 3 heterocycles. The van der Waals surface area contributed by atoms with Crippen LogP contribution in [0.3, 0.4) is 0 Å². The minimum atomic E-state index is 0. The second kappa shape index (κ2) is 5.47. The van der Waals surface area contributed by atoms with Crippen LogP contribution >= 0.6 is 24.0 Å². The third kappa shape index (κ3) is 2.87. The third-order valence-corrected chi connectivity index (χ3v) is 3.91. The maximum absolute atomic E-state index is 6.04. The Morgan fingerprint density at radius 3 is 2.59 bits per heavy atom. The molecular formula is C13H17Cl2NO. The molecule has 3 aliphatic rings. The molecule has 2 nitrogen and oxygen atoms in total. The van der Waals surface area contributed by atoms with Gasteiger partial charge in [-0.15, -0.1) is 12.4 Å². The lowest BCUT2D eigenvalue weighted by atomic mass is 9.86. The normalized spacial score (nSPS) is 30.8. The summed E-state index contributed by atoms with van der Waals surface area (Å²) in [4.78, 5) is 2.50. The molecule has 1 aromatic carbocycles. The van der Waals surface area contributed by atoms with Crippen molar-refractivity contribution in [3.8, 4) is 5.75 Å².